The minimum Gasteiger partial charge on any atom is -0.353 e. The normalized spacial score (nSPS) is 22.6. The average Bonchev–Trinajstić information content (AvgIpc) is 2.46. The molecule has 1 aliphatic carbocycles. The molecule has 0 unspecified atom stereocenters. The number of hydrogen-bond donors (Lipinski definition) is 1. The predicted octanol–water partition coefficient (Wildman–Crippen LogP) is 2.03. The van der Waals surface area contributed by atoms with Crippen molar-refractivity contribution in [2.24, 2.45) is 5.73 Å². The molecule has 0 aliphatic heterocycles. The Morgan fingerprint density at radius 2 is 1.95 bits per heavy atom. The lowest BCUT2D eigenvalue weighted by Crippen LogP contribution is -2.42. The van der Waals surface area contributed by atoms with Crippen molar-refractivity contribution in [3.8, 4) is 0 Å². The van der Waals surface area contributed by atoms with Gasteiger partial charge in [-0.05, 0) is 38.2 Å². The Hall–Kier alpha value is -1.36. The van der Waals surface area contributed by atoms with Gasteiger partial charge in [0.05, 0.1) is 0 Å². The second-order valence-corrected chi connectivity index (χ2v) is 5.87. The summed E-state index contributed by atoms with van der Waals surface area (Å²) in [7, 11) is 3.95. The summed E-state index contributed by atoms with van der Waals surface area (Å²) >= 11 is 0. The Bertz CT molecular complexity index is 412. The van der Waals surface area contributed by atoms with Gasteiger partial charge in [0.25, 0.3) is 0 Å². The molecule has 5 nitrogen and oxygen atoms in total. The third-order valence-electron chi connectivity index (χ3n) is 3.97. The van der Waals surface area contributed by atoms with Crippen LogP contribution in [0.1, 0.15) is 39.0 Å². The third-order valence-corrected chi connectivity index (χ3v) is 3.97. The lowest BCUT2D eigenvalue weighted by Gasteiger charge is -2.37. The Morgan fingerprint density at radius 3 is 2.55 bits per heavy atom. The van der Waals surface area contributed by atoms with Crippen molar-refractivity contribution in [1.29, 1.82) is 0 Å². The maximum Gasteiger partial charge on any atom is 0.226 e. The van der Waals surface area contributed by atoms with E-state index in [-0.39, 0.29) is 0 Å². The molecule has 1 heterocycles. The summed E-state index contributed by atoms with van der Waals surface area (Å²) < 4.78 is 0. The van der Waals surface area contributed by atoms with E-state index in [9.17, 15) is 0 Å². The monoisotopic (exact) mass is 277 g/mol. The van der Waals surface area contributed by atoms with Crippen LogP contribution in [-0.2, 0) is 0 Å². The fourth-order valence-electron chi connectivity index (χ4n) is 2.85. The molecule has 0 atom stereocenters. The molecule has 0 spiro atoms. The summed E-state index contributed by atoms with van der Waals surface area (Å²) in [6.07, 6.45) is 7.57. The molecule has 20 heavy (non-hydrogen) atoms. The quantitative estimate of drug-likeness (QED) is 0.892. The van der Waals surface area contributed by atoms with Crippen LogP contribution in [0.25, 0.3) is 0 Å². The first kappa shape index (κ1) is 15.0. The van der Waals surface area contributed by atoms with Crippen LogP contribution in [0, 0.1) is 0 Å². The van der Waals surface area contributed by atoms with Crippen molar-refractivity contribution in [2.45, 2.75) is 51.1 Å². The first-order valence-electron chi connectivity index (χ1n) is 7.64. The molecule has 2 rings (SSSR count). The zero-order valence-corrected chi connectivity index (χ0v) is 12.9. The standard InChI is InChI=1S/C15H27N5/c1-4-11-20(13-7-5-12(16)6-8-13)14-9-10-17-15(18-14)19(2)3/h9-10,12-13H,4-8,11,16H2,1-3H3. The van der Waals surface area contributed by atoms with Crippen molar-refractivity contribution in [1.82, 2.24) is 9.97 Å². The topological polar surface area (TPSA) is 58.3 Å². The van der Waals surface area contributed by atoms with Crippen LogP contribution in [0.5, 0.6) is 0 Å². The zero-order chi connectivity index (χ0) is 14.5. The Kier molecular flexibility index (Phi) is 5.17. The molecule has 0 amide bonds. The molecule has 1 fully saturated rings. The van der Waals surface area contributed by atoms with Crippen LogP contribution in [0.3, 0.4) is 0 Å². The van der Waals surface area contributed by atoms with Crippen LogP contribution in [0.2, 0.25) is 0 Å². The number of anilines is 2. The Balaban J connectivity index is 2.17. The van der Waals surface area contributed by atoms with Gasteiger partial charge in [-0.15, -0.1) is 0 Å². The minimum absolute atomic E-state index is 0.387. The van der Waals surface area contributed by atoms with Crippen molar-refractivity contribution < 1.29 is 0 Å². The summed E-state index contributed by atoms with van der Waals surface area (Å²) in [5.74, 6) is 1.82. The highest BCUT2D eigenvalue weighted by Gasteiger charge is 2.25. The molecule has 0 radical (unpaired) electrons. The molecular formula is C15H27N5. The van der Waals surface area contributed by atoms with Crippen LogP contribution < -0.4 is 15.5 Å². The summed E-state index contributed by atoms with van der Waals surface area (Å²) in [4.78, 5) is 13.4. The molecule has 0 bridgehead atoms. The molecule has 1 aliphatic rings. The summed E-state index contributed by atoms with van der Waals surface area (Å²) in [5.41, 5.74) is 6.02. The molecule has 1 saturated carbocycles. The Labute approximate surface area is 122 Å². The molecule has 0 saturated heterocycles. The molecule has 1 aromatic rings. The smallest absolute Gasteiger partial charge is 0.226 e. The zero-order valence-electron chi connectivity index (χ0n) is 12.9. The highest BCUT2D eigenvalue weighted by Crippen LogP contribution is 2.26. The van der Waals surface area contributed by atoms with Crippen molar-refractivity contribution in [3.63, 3.8) is 0 Å². The largest absolute Gasteiger partial charge is 0.353 e. The van der Waals surface area contributed by atoms with Gasteiger partial charge in [0.2, 0.25) is 5.95 Å². The van der Waals surface area contributed by atoms with Gasteiger partial charge in [0.15, 0.2) is 0 Å². The molecule has 2 N–H and O–H groups in total. The minimum atomic E-state index is 0.387. The average molecular weight is 277 g/mol. The van der Waals surface area contributed by atoms with E-state index >= 15 is 0 Å². The number of nitrogens with two attached hydrogens (primary N) is 1. The van der Waals surface area contributed by atoms with Crippen molar-refractivity contribution in [2.75, 3.05) is 30.4 Å². The fraction of sp³-hybridized carbons (Fsp3) is 0.733. The van der Waals surface area contributed by atoms with Gasteiger partial charge in [-0.25, -0.2) is 4.98 Å². The molecule has 112 valence electrons. The van der Waals surface area contributed by atoms with Crippen LogP contribution in [0.4, 0.5) is 11.8 Å². The van der Waals surface area contributed by atoms with E-state index in [1.165, 1.54) is 12.8 Å². The van der Waals surface area contributed by atoms with Crippen molar-refractivity contribution >= 4 is 11.8 Å². The number of aromatic nitrogens is 2. The van der Waals surface area contributed by atoms with E-state index in [1.54, 1.807) is 0 Å². The van der Waals surface area contributed by atoms with Gasteiger partial charge in [0.1, 0.15) is 5.82 Å². The van der Waals surface area contributed by atoms with Gasteiger partial charge < -0.3 is 15.5 Å². The van der Waals surface area contributed by atoms with Gasteiger partial charge in [-0.1, -0.05) is 6.92 Å². The highest BCUT2D eigenvalue weighted by molar-refractivity contribution is 5.44. The first-order chi connectivity index (χ1) is 9.61. The Morgan fingerprint density at radius 1 is 1.25 bits per heavy atom. The van der Waals surface area contributed by atoms with Crippen LogP contribution in [-0.4, -0.2) is 42.7 Å². The molecule has 0 aromatic carbocycles. The third kappa shape index (κ3) is 3.60. The lowest BCUT2D eigenvalue weighted by atomic mass is 9.90. The SMILES string of the molecule is CCCN(c1ccnc(N(C)C)n1)C1CCC(N)CC1. The molecule has 1 aromatic heterocycles. The van der Waals surface area contributed by atoms with Gasteiger partial charge in [-0.3, -0.25) is 0 Å². The number of nitrogens with zero attached hydrogens (tertiary/aromatic N) is 4. The second-order valence-electron chi connectivity index (χ2n) is 5.87. The van der Waals surface area contributed by atoms with E-state index in [4.69, 9.17) is 10.7 Å². The maximum absolute atomic E-state index is 6.02. The van der Waals surface area contributed by atoms with Gasteiger partial charge >= 0.3 is 0 Å². The maximum atomic E-state index is 6.02. The van der Waals surface area contributed by atoms with Crippen LogP contribution in [0.15, 0.2) is 12.3 Å². The highest BCUT2D eigenvalue weighted by atomic mass is 15.3. The van der Waals surface area contributed by atoms with E-state index in [0.29, 0.717) is 12.1 Å². The van der Waals surface area contributed by atoms with E-state index in [1.807, 2.05) is 31.3 Å². The first-order valence-corrected chi connectivity index (χ1v) is 7.64. The number of rotatable bonds is 5. The molecular weight excluding hydrogens is 250 g/mol. The summed E-state index contributed by atoms with van der Waals surface area (Å²) in [6, 6.07) is 2.98. The van der Waals surface area contributed by atoms with Crippen molar-refractivity contribution in [3.05, 3.63) is 12.3 Å². The van der Waals surface area contributed by atoms with E-state index in [0.717, 1.165) is 37.6 Å². The van der Waals surface area contributed by atoms with Gasteiger partial charge in [0, 0.05) is 38.9 Å². The van der Waals surface area contributed by atoms with E-state index < -0.39 is 0 Å². The van der Waals surface area contributed by atoms with Crippen LogP contribution >= 0.6 is 0 Å². The predicted molar refractivity (Wildman–Crippen MR) is 84.2 cm³/mol. The second kappa shape index (κ2) is 6.88. The number of hydrogen-bond acceptors (Lipinski definition) is 5. The van der Waals surface area contributed by atoms with E-state index in [2.05, 4.69) is 16.8 Å². The lowest BCUT2D eigenvalue weighted by molar-refractivity contribution is 0.374. The molecule has 5 heteroatoms. The summed E-state index contributed by atoms with van der Waals surface area (Å²) in [5, 5.41) is 0. The fourth-order valence-corrected chi connectivity index (χ4v) is 2.85. The summed E-state index contributed by atoms with van der Waals surface area (Å²) in [6.45, 7) is 3.26. The van der Waals surface area contributed by atoms with Gasteiger partial charge in [-0.2, -0.15) is 4.98 Å².